The first kappa shape index (κ1) is 17.8. The van der Waals surface area contributed by atoms with Crippen molar-refractivity contribution in [2.24, 2.45) is 0 Å². The van der Waals surface area contributed by atoms with E-state index >= 15 is 0 Å². The van der Waals surface area contributed by atoms with E-state index in [2.05, 4.69) is 17.4 Å². The van der Waals surface area contributed by atoms with Gasteiger partial charge < -0.3 is 14.8 Å². The summed E-state index contributed by atoms with van der Waals surface area (Å²) in [6.07, 6.45) is 2.24. The minimum absolute atomic E-state index is 0.0656. The van der Waals surface area contributed by atoms with Crippen LogP contribution < -0.4 is 10.1 Å². The molecule has 1 atom stereocenters. The third-order valence-corrected chi connectivity index (χ3v) is 5.26. The number of thioether (sulfide) groups is 1. The molecule has 0 aromatic heterocycles. The van der Waals surface area contributed by atoms with Crippen LogP contribution >= 0.6 is 11.8 Å². The first-order valence-corrected chi connectivity index (χ1v) is 9.49. The van der Waals surface area contributed by atoms with Crippen LogP contribution in [-0.2, 0) is 10.5 Å². The number of hydrogen-bond acceptors (Lipinski definition) is 4. The van der Waals surface area contributed by atoms with Crippen molar-refractivity contribution in [3.8, 4) is 5.75 Å². The molecule has 0 radical (unpaired) electrons. The Labute approximate surface area is 152 Å². The van der Waals surface area contributed by atoms with E-state index in [9.17, 15) is 4.79 Å². The summed E-state index contributed by atoms with van der Waals surface area (Å²) in [5, 5.41) is 2.97. The van der Waals surface area contributed by atoms with Gasteiger partial charge in [-0.2, -0.15) is 0 Å². The maximum Gasteiger partial charge on any atom is 0.251 e. The summed E-state index contributed by atoms with van der Waals surface area (Å²) in [4.78, 5) is 13.6. The Hall–Kier alpha value is -1.98. The van der Waals surface area contributed by atoms with Crippen LogP contribution in [0.3, 0.4) is 0 Å². The standard InChI is InChI=1S/C20H23NO3S/c1-23-19-10-9-15(20(22)21-13-17-6-5-11-24-17)12-16(19)14-25-18-7-3-2-4-8-18/h2-4,7-10,12,17H,5-6,11,13-14H2,1H3,(H,21,22). The van der Waals surface area contributed by atoms with E-state index in [1.165, 1.54) is 4.90 Å². The predicted octanol–water partition coefficient (Wildman–Crippen LogP) is 3.90. The normalized spacial score (nSPS) is 16.6. The molecule has 0 aliphatic carbocycles. The fourth-order valence-corrected chi connectivity index (χ4v) is 3.72. The van der Waals surface area contributed by atoms with E-state index < -0.39 is 0 Å². The first-order valence-electron chi connectivity index (χ1n) is 8.51. The molecule has 2 aromatic rings. The monoisotopic (exact) mass is 357 g/mol. The Morgan fingerprint density at radius 2 is 2.12 bits per heavy atom. The largest absolute Gasteiger partial charge is 0.496 e. The highest BCUT2D eigenvalue weighted by Crippen LogP contribution is 2.28. The van der Waals surface area contributed by atoms with Crippen molar-refractivity contribution in [3.63, 3.8) is 0 Å². The predicted molar refractivity (Wildman–Crippen MR) is 100 cm³/mol. The molecule has 2 aromatic carbocycles. The average molecular weight is 357 g/mol. The van der Waals surface area contributed by atoms with E-state index in [1.54, 1.807) is 24.9 Å². The summed E-state index contributed by atoms with van der Waals surface area (Å²) in [5.74, 6) is 1.49. The summed E-state index contributed by atoms with van der Waals surface area (Å²) in [5.41, 5.74) is 1.67. The number of methoxy groups -OCH3 is 1. The first-order chi connectivity index (χ1) is 12.3. The van der Waals surface area contributed by atoms with Crippen LogP contribution in [0.5, 0.6) is 5.75 Å². The summed E-state index contributed by atoms with van der Waals surface area (Å²) in [6.45, 7) is 1.36. The average Bonchev–Trinajstić information content (AvgIpc) is 3.18. The molecular formula is C20H23NO3S. The van der Waals surface area contributed by atoms with Crippen LogP contribution in [0.15, 0.2) is 53.4 Å². The van der Waals surface area contributed by atoms with Crippen LogP contribution in [0.4, 0.5) is 0 Å². The van der Waals surface area contributed by atoms with Gasteiger partial charge in [0.05, 0.1) is 13.2 Å². The zero-order valence-electron chi connectivity index (χ0n) is 14.4. The molecule has 1 saturated heterocycles. The van der Waals surface area contributed by atoms with Gasteiger partial charge in [-0.05, 0) is 43.2 Å². The van der Waals surface area contributed by atoms with Crippen molar-refractivity contribution in [2.45, 2.75) is 29.6 Å². The fraction of sp³-hybridized carbons (Fsp3) is 0.350. The summed E-state index contributed by atoms with van der Waals surface area (Å²) in [6, 6.07) is 15.8. The fourth-order valence-electron chi connectivity index (χ4n) is 2.82. The number of amides is 1. The Morgan fingerprint density at radius 1 is 1.28 bits per heavy atom. The van der Waals surface area contributed by atoms with Gasteiger partial charge in [-0.3, -0.25) is 4.79 Å². The molecule has 132 valence electrons. The van der Waals surface area contributed by atoms with Crippen LogP contribution in [0.1, 0.15) is 28.8 Å². The Kier molecular flexibility index (Phi) is 6.36. The zero-order chi connectivity index (χ0) is 17.5. The molecule has 1 amide bonds. The molecular weight excluding hydrogens is 334 g/mol. The second-order valence-corrected chi connectivity index (χ2v) is 7.02. The molecule has 3 rings (SSSR count). The molecule has 5 heteroatoms. The van der Waals surface area contributed by atoms with Crippen molar-refractivity contribution in [1.82, 2.24) is 5.32 Å². The minimum Gasteiger partial charge on any atom is -0.496 e. The van der Waals surface area contributed by atoms with Crippen molar-refractivity contribution in [3.05, 3.63) is 59.7 Å². The molecule has 4 nitrogen and oxygen atoms in total. The SMILES string of the molecule is COc1ccc(C(=O)NCC2CCCO2)cc1CSc1ccccc1. The van der Waals surface area contributed by atoms with Crippen molar-refractivity contribution in [2.75, 3.05) is 20.3 Å². The van der Waals surface area contributed by atoms with E-state index in [-0.39, 0.29) is 12.0 Å². The number of carbonyl (C=O) groups is 1. The number of carbonyl (C=O) groups excluding carboxylic acids is 1. The van der Waals surface area contributed by atoms with Gasteiger partial charge in [0, 0.05) is 34.9 Å². The minimum atomic E-state index is -0.0656. The number of benzene rings is 2. The maximum atomic E-state index is 12.4. The lowest BCUT2D eigenvalue weighted by atomic mass is 10.1. The Morgan fingerprint density at radius 3 is 2.84 bits per heavy atom. The van der Waals surface area contributed by atoms with Crippen LogP contribution in [0.2, 0.25) is 0 Å². The van der Waals surface area contributed by atoms with Gasteiger partial charge in [0.2, 0.25) is 0 Å². The molecule has 0 spiro atoms. The lowest BCUT2D eigenvalue weighted by molar-refractivity contribution is 0.0857. The highest BCUT2D eigenvalue weighted by molar-refractivity contribution is 7.98. The Bertz CT molecular complexity index is 699. The van der Waals surface area contributed by atoms with Gasteiger partial charge in [-0.25, -0.2) is 0 Å². The van der Waals surface area contributed by atoms with Crippen molar-refractivity contribution >= 4 is 17.7 Å². The van der Waals surface area contributed by atoms with E-state index in [4.69, 9.17) is 9.47 Å². The van der Waals surface area contributed by atoms with Gasteiger partial charge in [-0.1, -0.05) is 18.2 Å². The van der Waals surface area contributed by atoms with Crippen molar-refractivity contribution < 1.29 is 14.3 Å². The number of hydrogen-bond donors (Lipinski definition) is 1. The third kappa shape index (κ3) is 5.00. The summed E-state index contributed by atoms with van der Waals surface area (Å²) in [7, 11) is 1.66. The lowest BCUT2D eigenvalue weighted by Crippen LogP contribution is -2.31. The number of ether oxygens (including phenoxy) is 2. The molecule has 0 bridgehead atoms. The molecule has 1 unspecified atom stereocenters. The highest BCUT2D eigenvalue weighted by Gasteiger charge is 2.17. The topological polar surface area (TPSA) is 47.6 Å². The molecule has 1 N–H and O–H groups in total. The van der Waals surface area contributed by atoms with Gasteiger partial charge in [0.15, 0.2) is 0 Å². The molecule has 1 heterocycles. The highest BCUT2D eigenvalue weighted by atomic mass is 32.2. The maximum absolute atomic E-state index is 12.4. The lowest BCUT2D eigenvalue weighted by Gasteiger charge is -2.13. The zero-order valence-corrected chi connectivity index (χ0v) is 15.2. The summed E-state index contributed by atoms with van der Waals surface area (Å²) < 4.78 is 11.0. The van der Waals surface area contributed by atoms with Crippen LogP contribution in [0.25, 0.3) is 0 Å². The van der Waals surface area contributed by atoms with Crippen LogP contribution in [0, 0.1) is 0 Å². The van der Waals surface area contributed by atoms with Gasteiger partial charge >= 0.3 is 0 Å². The second-order valence-electron chi connectivity index (χ2n) is 5.97. The molecule has 1 aliphatic heterocycles. The van der Waals surface area contributed by atoms with Gasteiger partial charge in [0.25, 0.3) is 5.91 Å². The smallest absolute Gasteiger partial charge is 0.251 e. The molecule has 1 aliphatic rings. The van der Waals surface area contributed by atoms with Crippen LogP contribution in [-0.4, -0.2) is 32.3 Å². The van der Waals surface area contributed by atoms with Crippen molar-refractivity contribution in [1.29, 1.82) is 0 Å². The number of nitrogens with one attached hydrogen (secondary N) is 1. The molecule has 1 fully saturated rings. The van der Waals surface area contributed by atoms with E-state index in [0.29, 0.717) is 12.1 Å². The summed E-state index contributed by atoms with van der Waals surface area (Å²) >= 11 is 1.73. The van der Waals surface area contributed by atoms with Gasteiger partial charge in [-0.15, -0.1) is 11.8 Å². The number of rotatable bonds is 7. The Balaban J connectivity index is 1.64. The molecule has 25 heavy (non-hydrogen) atoms. The molecule has 0 saturated carbocycles. The van der Waals surface area contributed by atoms with Gasteiger partial charge in [0.1, 0.15) is 5.75 Å². The van der Waals surface area contributed by atoms with E-state index in [0.717, 1.165) is 36.5 Å². The quantitative estimate of drug-likeness (QED) is 0.764. The third-order valence-electron chi connectivity index (χ3n) is 4.19. The second kappa shape index (κ2) is 8.92. The van der Waals surface area contributed by atoms with E-state index in [1.807, 2.05) is 30.3 Å².